The van der Waals surface area contributed by atoms with E-state index in [1.165, 1.54) is 39.9 Å². The van der Waals surface area contributed by atoms with Crippen LogP contribution < -0.4 is 9.54 Å². The highest BCUT2D eigenvalue weighted by atomic mass is 32.2. The van der Waals surface area contributed by atoms with Gasteiger partial charge in [0.15, 0.2) is 4.80 Å². The number of rotatable bonds is 11. The molecule has 0 saturated carbocycles. The molecule has 182 valence electrons. The summed E-state index contributed by atoms with van der Waals surface area (Å²) in [7, 11) is -3.60. The van der Waals surface area contributed by atoms with Crippen LogP contribution in [0, 0.1) is 0 Å². The Labute approximate surface area is 205 Å². The number of thiazole rings is 1. The van der Waals surface area contributed by atoms with Gasteiger partial charge in [0.05, 0.1) is 16.2 Å². The first-order valence-electron chi connectivity index (χ1n) is 11.4. The molecule has 3 rings (SSSR count). The number of benzene rings is 2. The number of para-hydroxylation sites is 1. The maximum absolute atomic E-state index is 13.0. The van der Waals surface area contributed by atoms with Crippen LogP contribution in [0.15, 0.2) is 65.0 Å². The van der Waals surface area contributed by atoms with Crippen LogP contribution in [-0.2, 0) is 16.6 Å². The van der Waals surface area contributed by atoms with Crippen molar-refractivity contribution in [1.29, 1.82) is 0 Å². The summed E-state index contributed by atoms with van der Waals surface area (Å²) in [5.74, 6) is 0.288. The summed E-state index contributed by atoms with van der Waals surface area (Å²) in [6.45, 7) is 11.6. The number of amides is 1. The molecule has 1 heterocycles. The molecule has 0 N–H and O–H groups in total. The summed E-state index contributed by atoms with van der Waals surface area (Å²) in [4.78, 5) is 18.0. The second-order valence-electron chi connectivity index (χ2n) is 7.67. The number of allylic oxidation sites excluding steroid dienone is 1. The molecule has 9 heteroatoms. The van der Waals surface area contributed by atoms with E-state index in [1.807, 2.05) is 43.5 Å². The van der Waals surface area contributed by atoms with Crippen molar-refractivity contribution >= 4 is 37.5 Å². The van der Waals surface area contributed by atoms with Crippen molar-refractivity contribution in [3.05, 3.63) is 65.5 Å². The summed E-state index contributed by atoms with van der Waals surface area (Å²) < 4.78 is 36.1. The summed E-state index contributed by atoms with van der Waals surface area (Å²) in [5, 5.41) is 0. The van der Waals surface area contributed by atoms with Gasteiger partial charge in [-0.15, -0.1) is 6.58 Å². The molecule has 2 aromatic carbocycles. The fourth-order valence-electron chi connectivity index (χ4n) is 3.67. The first-order chi connectivity index (χ1) is 16.4. The van der Waals surface area contributed by atoms with Gasteiger partial charge in [-0.2, -0.15) is 9.30 Å². The van der Waals surface area contributed by atoms with Gasteiger partial charge in [-0.1, -0.05) is 37.3 Å². The lowest BCUT2D eigenvalue weighted by Crippen LogP contribution is -2.32. The normalized spacial score (nSPS) is 12.4. The van der Waals surface area contributed by atoms with E-state index in [2.05, 4.69) is 11.6 Å². The van der Waals surface area contributed by atoms with Gasteiger partial charge in [-0.05, 0) is 56.2 Å². The maximum atomic E-state index is 13.0. The molecule has 0 aliphatic heterocycles. The standard InChI is InChI=1S/C25H31N3O4S2/c1-5-16-27(17-6-2)34(30,31)20-14-12-19(13-15-20)24(29)26-25-28(18-7-3)23-21(32-8-4)10-9-11-22(23)33-25/h7,9-15H,3,5-6,8,16-18H2,1-2,4H3. The van der Waals surface area contributed by atoms with Gasteiger partial charge in [0.1, 0.15) is 11.3 Å². The summed E-state index contributed by atoms with van der Waals surface area (Å²) in [5.41, 5.74) is 1.19. The molecule has 0 saturated heterocycles. The molecule has 0 spiro atoms. The Morgan fingerprint density at radius 3 is 2.38 bits per heavy atom. The summed E-state index contributed by atoms with van der Waals surface area (Å²) in [6, 6.07) is 11.8. The zero-order valence-corrected chi connectivity index (χ0v) is 21.5. The SMILES string of the molecule is C=CCn1c(=NC(=O)c2ccc(S(=O)(=O)N(CCC)CCC)cc2)sc2cccc(OCC)c21. The number of sulfonamides is 1. The number of hydrogen-bond acceptors (Lipinski definition) is 5. The molecule has 0 radical (unpaired) electrons. The molecule has 0 aliphatic rings. The van der Waals surface area contributed by atoms with Crippen LogP contribution in [0.4, 0.5) is 0 Å². The topological polar surface area (TPSA) is 81.0 Å². The Kier molecular flexibility index (Phi) is 8.82. The Morgan fingerprint density at radius 2 is 1.79 bits per heavy atom. The third kappa shape index (κ3) is 5.48. The van der Waals surface area contributed by atoms with Crippen molar-refractivity contribution in [2.75, 3.05) is 19.7 Å². The van der Waals surface area contributed by atoms with Crippen LogP contribution in [-0.4, -0.2) is 42.9 Å². The zero-order valence-electron chi connectivity index (χ0n) is 19.9. The highest BCUT2D eigenvalue weighted by Gasteiger charge is 2.23. The van der Waals surface area contributed by atoms with E-state index in [1.54, 1.807) is 6.08 Å². The Hall–Kier alpha value is -2.75. The fraction of sp³-hybridized carbons (Fsp3) is 0.360. The number of ether oxygens (including phenoxy) is 1. The number of fused-ring (bicyclic) bond motifs is 1. The number of carbonyl (C=O) groups excluding carboxylic acids is 1. The molecule has 0 aliphatic carbocycles. The maximum Gasteiger partial charge on any atom is 0.279 e. The van der Waals surface area contributed by atoms with E-state index in [-0.39, 0.29) is 4.90 Å². The van der Waals surface area contributed by atoms with E-state index in [0.717, 1.165) is 28.8 Å². The largest absolute Gasteiger partial charge is 0.492 e. The Morgan fingerprint density at radius 1 is 1.12 bits per heavy atom. The Balaban J connectivity index is 1.98. The summed E-state index contributed by atoms with van der Waals surface area (Å²) in [6.07, 6.45) is 3.22. The van der Waals surface area contributed by atoms with E-state index in [0.29, 0.717) is 36.6 Å². The lowest BCUT2D eigenvalue weighted by Gasteiger charge is -2.21. The van der Waals surface area contributed by atoms with Crippen molar-refractivity contribution in [2.24, 2.45) is 4.99 Å². The van der Waals surface area contributed by atoms with Crippen molar-refractivity contribution in [3.63, 3.8) is 0 Å². The molecule has 1 aromatic heterocycles. The molecule has 0 fully saturated rings. The molecule has 1 amide bonds. The summed E-state index contributed by atoms with van der Waals surface area (Å²) >= 11 is 1.39. The van der Waals surface area contributed by atoms with Gasteiger partial charge in [-0.3, -0.25) is 4.79 Å². The van der Waals surface area contributed by atoms with Crippen molar-refractivity contribution < 1.29 is 17.9 Å². The predicted molar refractivity (Wildman–Crippen MR) is 137 cm³/mol. The highest BCUT2D eigenvalue weighted by Crippen LogP contribution is 2.28. The monoisotopic (exact) mass is 501 g/mol. The molecule has 3 aromatic rings. The highest BCUT2D eigenvalue weighted by molar-refractivity contribution is 7.89. The van der Waals surface area contributed by atoms with Crippen LogP contribution in [0.25, 0.3) is 10.2 Å². The molecule has 0 unspecified atom stereocenters. The third-order valence-corrected chi connectivity index (χ3v) is 8.11. The zero-order chi connectivity index (χ0) is 24.7. The average Bonchev–Trinajstić information content (AvgIpc) is 3.17. The average molecular weight is 502 g/mol. The van der Waals surface area contributed by atoms with Crippen LogP contribution in [0.3, 0.4) is 0 Å². The minimum absolute atomic E-state index is 0.177. The van der Waals surface area contributed by atoms with Crippen molar-refractivity contribution in [1.82, 2.24) is 8.87 Å². The molecule has 7 nitrogen and oxygen atoms in total. The van der Waals surface area contributed by atoms with Gasteiger partial charge < -0.3 is 9.30 Å². The number of hydrogen-bond donors (Lipinski definition) is 0. The van der Waals surface area contributed by atoms with E-state index in [4.69, 9.17) is 4.74 Å². The lowest BCUT2D eigenvalue weighted by atomic mass is 10.2. The molecule has 0 atom stereocenters. The Bertz CT molecular complexity index is 1320. The second kappa shape index (κ2) is 11.6. The van der Waals surface area contributed by atoms with Crippen LogP contribution >= 0.6 is 11.3 Å². The molecular weight excluding hydrogens is 470 g/mol. The third-order valence-electron chi connectivity index (χ3n) is 5.16. The van der Waals surface area contributed by atoms with E-state index in [9.17, 15) is 13.2 Å². The van der Waals surface area contributed by atoms with Crippen molar-refractivity contribution in [3.8, 4) is 5.75 Å². The molecule has 0 bridgehead atoms. The first kappa shape index (κ1) is 25.9. The number of nitrogens with zero attached hydrogens (tertiary/aromatic N) is 3. The fourth-order valence-corrected chi connectivity index (χ4v) is 6.35. The van der Waals surface area contributed by atoms with Gasteiger partial charge in [-0.25, -0.2) is 8.42 Å². The van der Waals surface area contributed by atoms with Crippen LogP contribution in [0.5, 0.6) is 5.75 Å². The smallest absolute Gasteiger partial charge is 0.279 e. The van der Waals surface area contributed by atoms with Crippen LogP contribution in [0.2, 0.25) is 0 Å². The van der Waals surface area contributed by atoms with Gasteiger partial charge in [0.25, 0.3) is 5.91 Å². The lowest BCUT2D eigenvalue weighted by molar-refractivity contribution is 0.0997. The molecular formula is C25H31N3O4S2. The van der Waals surface area contributed by atoms with Crippen molar-refractivity contribution in [2.45, 2.75) is 45.1 Å². The first-order valence-corrected chi connectivity index (χ1v) is 13.7. The predicted octanol–water partition coefficient (Wildman–Crippen LogP) is 4.84. The van der Waals surface area contributed by atoms with E-state index >= 15 is 0 Å². The van der Waals surface area contributed by atoms with Gasteiger partial charge in [0.2, 0.25) is 10.0 Å². The number of aromatic nitrogens is 1. The second-order valence-corrected chi connectivity index (χ2v) is 10.6. The number of carbonyl (C=O) groups is 1. The van der Waals surface area contributed by atoms with Gasteiger partial charge in [0, 0.05) is 25.2 Å². The van der Waals surface area contributed by atoms with Gasteiger partial charge >= 0.3 is 0 Å². The molecule has 34 heavy (non-hydrogen) atoms. The minimum Gasteiger partial charge on any atom is -0.492 e. The van der Waals surface area contributed by atoms with Crippen LogP contribution in [0.1, 0.15) is 44.0 Å². The van der Waals surface area contributed by atoms with E-state index < -0.39 is 15.9 Å². The quantitative estimate of drug-likeness (QED) is 0.352. The minimum atomic E-state index is -3.60.